The van der Waals surface area contributed by atoms with Gasteiger partial charge in [0, 0.05) is 30.4 Å². The van der Waals surface area contributed by atoms with Gasteiger partial charge in [-0.2, -0.15) is 11.3 Å². The molecule has 0 saturated carbocycles. The van der Waals surface area contributed by atoms with Crippen LogP contribution in [0.1, 0.15) is 24.3 Å². The van der Waals surface area contributed by atoms with Gasteiger partial charge in [-0.3, -0.25) is 4.99 Å². The minimum absolute atomic E-state index is 0. The predicted molar refractivity (Wildman–Crippen MR) is 105 cm³/mol. The molecule has 0 atom stereocenters. The van der Waals surface area contributed by atoms with Crippen molar-refractivity contribution in [2.75, 3.05) is 13.6 Å². The van der Waals surface area contributed by atoms with Crippen LogP contribution in [0.2, 0.25) is 0 Å². The van der Waals surface area contributed by atoms with E-state index in [-0.39, 0.29) is 29.4 Å². The van der Waals surface area contributed by atoms with Crippen LogP contribution in [-0.4, -0.2) is 19.6 Å². The molecule has 0 radical (unpaired) electrons. The van der Waals surface area contributed by atoms with Crippen molar-refractivity contribution < 1.29 is 0 Å². The van der Waals surface area contributed by atoms with Crippen LogP contribution in [0.25, 0.3) is 0 Å². The number of nitrogens with zero attached hydrogens (tertiary/aromatic N) is 1. The summed E-state index contributed by atoms with van der Waals surface area (Å²) in [7, 11) is 1.81. The van der Waals surface area contributed by atoms with Crippen LogP contribution in [0.3, 0.4) is 0 Å². The first-order valence-electron chi connectivity index (χ1n) is 6.61. The van der Waals surface area contributed by atoms with Crippen molar-refractivity contribution in [2.45, 2.75) is 25.8 Å². The van der Waals surface area contributed by atoms with E-state index in [4.69, 9.17) is 0 Å². The maximum absolute atomic E-state index is 4.27. The molecule has 0 aliphatic rings. The quantitative estimate of drug-likeness (QED) is 0.422. The highest BCUT2D eigenvalue weighted by molar-refractivity contribution is 14.0. The third-order valence-electron chi connectivity index (χ3n) is 3.15. The zero-order chi connectivity index (χ0) is 14.4. The van der Waals surface area contributed by atoms with Gasteiger partial charge in [-0.15, -0.1) is 35.3 Å². The standard InChI is InChI=1S/C15H21N3S2.HI/c1-15(2,13-5-4-7-20-13)11-18-14(16-3)17-9-12-6-8-19-10-12;/h4-8,10H,9,11H2,1-3H3,(H2,16,17,18);1H. The number of hydrogen-bond donors (Lipinski definition) is 2. The smallest absolute Gasteiger partial charge is 0.191 e. The molecule has 2 N–H and O–H groups in total. The summed E-state index contributed by atoms with van der Waals surface area (Å²) in [5.74, 6) is 0.848. The maximum Gasteiger partial charge on any atom is 0.191 e. The third kappa shape index (κ3) is 5.60. The first kappa shape index (κ1) is 18.4. The molecule has 0 aromatic carbocycles. The Kier molecular flexibility index (Phi) is 7.69. The fourth-order valence-electron chi connectivity index (χ4n) is 1.86. The van der Waals surface area contributed by atoms with Crippen LogP contribution in [0.4, 0.5) is 0 Å². The van der Waals surface area contributed by atoms with E-state index < -0.39 is 0 Å². The van der Waals surface area contributed by atoms with Crippen LogP contribution < -0.4 is 10.6 Å². The number of hydrogen-bond acceptors (Lipinski definition) is 3. The van der Waals surface area contributed by atoms with Gasteiger partial charge in [0.2, 0.25) is 0 Å². The molecule has 116 valence electrons. The molecular formula is C15H22IN3S2. The molecule has 0 unspecified atom stereocenters. The van der Waals surface area contributed by atoms with E-state index in [0.29, 0.717) is 0 Å². The molecule has 2 aromatic rings. The summed E-state index contributed by atoms with van der Waals surface area (Å²) in [5, 5.41) is 13.1. The van der Waals surface area contributed by atoms with E-state index in [1.54, 1.807) is 29.7 Å². The van der Waals surface area contributed by atoms with Crippen molar-refractivity contribution in [3.63, 3.8) is 0 Å². The highest BCUT2D eigenvalue weighted by atomic mass is 127. The van der Waals surface area contributed by atoms with E-state index in [0.717, 1.165) is 19.0 Å². The van der Waals surface area contributed by atoms with Gasteiger partial charge in [0.1, 0.15) is 0 Å². The van der Waals surface area contributed by atoms with Crippen LogP contribution in [0.5, 0.6) is 0 Å². The fraction of sp³-hybridized carbons (Fsp3) is 0.400. The van der Waals surface area contributed by atoms with Gasteiger partial charge in [-0.25, -0.2) is 0 Å². The lowest BCUT2D eigenvalue weighted by Gasteiger charge is -2.25. The van der Waals surface area contributed by atoms with Gasteiger partial charge in [-0.1, -0.05) is 19.9 Å². The lowest BCUT2D eigenvalue weighted by atomic mass is 9.91. The lowest BCUT2D eigenvalue weighted by Crippen LogP contribution is -2.42. The topological polar surface area (TPSA) is 36.4 Å². The molecule has 0 saturated heterocycles. The Morgan fingerprint density at radius 3 is 2.62 bits per heavy atom. The van der Waals surface area contributed by atoms with Gasteiger partial charge in [0.25, 0.3) is 0 Å². The van der Waals surface area contributed by atoms with Crippen molar-refractivity contribution in [3.8, 4) is 0 Å². The summed E-state index contributed by atoms with van der Waals surface area (Å²) in [4.78, 5) is 5.66. The Morgan fingerprint density at radius 2 is 2.05 bits per heavy atom. The maximum atomic E-state index is 4.27. The zero-order valence-corrected chi connectivity index (χ0v) is 16.5. The van der Waals surface area contributed by atoms with Crippen LogP contribution in [0.15, 0.2) is 39.3 Å². The summed E-state index contributed by atoms with van der Waals surface area (Å²) in [5.41, 5.74) is 1.39. The van der Waals surface area contributed by atoms with Gasteiger partial charge >= 0.3 is 0 Å². The molecule has 0 fully saturated rings. The van der Waals surface area contributed by atoms with E-state index >= 15 is 0 Å². The molecule has 0 amide bonds. The molecule has 0 aliphatic heterocycles. The molecule has 3 nitrogen and oxygen atoms in total. The van der Waals surface area contributed by atoms with E-state index in [2.05, 4.69) is 63.8 Å². The highest BCUT2D eigenvalue weighted by Gasteiger charge is 2.21. The molecular weight excluding hydrogens is 413 g/mol. The normalized spacial score (nSPS) is 11.9. The largest absolute Gasteiger partial charge is 0.356 e. The second-order valence-corrected chi connectivity index (χ2v) is 7.00. The Hall–Kier alpha value is -0.600. The number of thiophene rings is 2. The first-order valence-corrected chi connectivity index (χ1v) is 8.43. The van der Waals surface area contributed by atoms with Crippen LogP contribution in [0, 0.1) is 0 Å². The van der Waals surface area contributed by atoms with Crippen molar-refractivity contribution in [2.24, 2.45) is 4.99 Å². The zero-order valence-electron chi connectivity index (χ0n) is 12.6. The number of rotatable bonds is 5. The molecule has 2 aromatic heterocycles. The SMILES string of the molecule is CN=C(NCc1ccsc1)NCC(C)(C)c1cccs1.I. The Bertz CT molecular complexity index is 533. The second kappa shape index (κ2) is 8.75. The second-order valence-electron chi connectivity index (χ2n) is 5.27. The van der Waals surface area contributed by atoms with Gasteiger partial charge < -0.3 is 10.6 Å². The number of aliphatic imine (C=N–C) groups is 1. The summed E-state index contributed by atoms with van der Waals surface area (Å²) < 4.78 is 0. The van der Waals surface area contributed by atoms with E-state index in [1.807, 2.05) is 0 Å². The highest BCUT2D eigenvalue weighted by Crippen LogP contribution is 2.26. The number of guanidine groups is 1. The molecule has 0 spiro atoms. The number of halogens is 1. The van der Waals surface area contributed by atoms with Gasteiger partial charge in [-0.05, 0) is 33.8 Å². The van der Waals surface area contributed by atoms with Crippen LogP contribution in [-0.2, 0) is 12.0 Å². The summed E-state index contributed by atoms with van der Waals surface area (Å²) in [6.45, 7) is 6.16. The van der Waals surface area contributed by atoms with Gasteiger partial charge in [0.05, 0.1) is 0 Å². The monoisotopic (exact) mass is 435 g/mol. The Morgan fingerprint density at radius 1 is 1.24 bits per heavy atom. The minimum atomic E-state index is 0. The first-order chi connectivity index (χ1) is 9.62. The minimum Gasteiger partial charge on any atom is -0.356 e. The van der Waals surface area contributed by atoms with E-state index in [9.17, 15) is 0 Å². The summed E-state index contributed by atoms with van der Waals surface area (Å²) in [6, 6.07) is 6.42. The molecule has 21 heavy (non-hydrogen) atoms. The molecule has 0 aliphatic carbocycles. The van der Waals surface area contributed by atoms with Gasteiger partial charge in [0.15, 0.2) is 5.96 Å². The lowest BCUT2D eigenvalue weighted by molar-refractivity contribution is 0.518. The van der Waals surface area contributed by atoms with Crippen LogP contribution >= 0.6 is 46.7 Å². The average Bonchev–Trinajstić information content (AvgIpc) is 3.12. The molecule has 2 heterocycles. The van der Waals surface area contributed by atoms with E-state index in [1.165, 1.54) is 10.4 Å². The summed E-state index contributed by atoms with van der Waals surface area (Å²) >= 11 is 3.52. The fourth-order valence-corrected chi connectivity index (χ4v) is 3.38. The number of nitrogens with one attached hydrogen (secondary N) is 2. The average molecular weight is 435 g/mol. The molecule has 2 rings (SSSR count). The molecule has 6 heteroatoms. The van der Waals surface area contributed by atoms with Crippen molar-refractivity contribution >= 4 is 52.6 Å². The van der Waals surface area contributed by atoms with Crippen molar-refractivity contribution in [1.82, 2.24) is 10.6 Å². The molecule has 0 bridgehead atoms. The summed E-state index contributed by atoms with van der Waals surface area (Å²) in [6.07, 6.45) is 0. The Balaban J connectivity index is 0.00000220. The third-order valence-corrected chi connectivity index (χ3v) is 5.12. The predicted octanol–water partition coefficient (Wildman–Crippen LogP) is 4.07. The van der Waals surface area contributed by atoms with Crippen molar-refractivity contribution in [1.29, 1.82) is 0 Å². The van der Waals surface area contributed by atoms with Crippen molar-refractivity contribution in [3.05, 3.63) is 44.8 Å². The Labute approximate surface area is 151 Å².